The topological polar surface area (TPSA) is 28.2 Å². The molecule has 0 spiro atoms. The third kappa shape index (κ3) is 3.48. The fourth-order valence-corrected chi connectivity index (χ4v) is 4.00. The van der Waals surface area contributed by atoms with E-state index in [2.05, 4.69) is 43.4 Å². The Labute approximate surface area is 121 Å². The maximum Gasteiger partial charge on any atom is 0.185 e. The second-order valence-electron chi connectivity index (χ2n) is 5.77. The lowest BCUT2D eigenvalue weighted by Crippen LogP contribution is -2.39. The van der Waals surface area contributed by atoms with Crippen molar-refractivity contribution >= 4 is 16.5 Å². The highest BCUT2D eigenvalue weighted by atomic mass is 32.1. The smallest absolute Gasteiger partial charge is 0.185 e. The van der Waals surface area contributed by atoms with Gasteiger partial charge in [0.05, 0.1) is 5.69 Å². The van der Waals surface area contributed by atoms with Gasteiger partial charge >= 0.3 is 0 Å². The fourth-order valence-electron chi connectivity index (χ4n) is 3.06. The molecule has 1 aliphatic carbocycles. The van der Waals surface area contributed by atoms with Gasteiger partial charge < -0.3 is 10.2 Å². The Morgan fingerprint density at radius 2 is 2.21 bits per heavy atom. The summed E-state index contributed by atoms with van der Waals surface area (Å²) in [5.74, 6) is 0.789. The molecule has 0 radical (unpaired) electrons. The van der Waals surface area contributed by atoms with E-state index in [9.17, 15) is 0 Å². The number of anilines is 1. The number of aromatic nitrogens is 1. The standard InChI is InChI=1S/C15H27N3S/c1-5-16-12(3)13-10-19-15(17-13)18(4)14-9-7-6-8-11(14)2/h10-12,14,16H,5-9H2,1-4H3. The van der Waals surface area contributed by atoms with Crippen molar-refractivity contribution in [2.24, 2.45) is 5.92 Å². The molecule has 108 valence electrons. The molecule has 1 aromatic rings. The number of nitrogens with zero attached hydrogens (tertiary/aromatic N) is 2. The molecule has 1 aromatic heterocycles. The number of thiazole rings is 1. The SMILES string of the molecule is CCNC(C)c1csc(N(C)C2CCCCC2C)n1. The number of nitrogens with one attached hydrogen (secondary N) is 1. The lowest BCUT2D eigenvalue weighted by atomic mass is 9.85. The number of rotatable bonds is 5. The Morgan fingerprint density at radius 1 is 1.47 bits per heavy atom. The molecule has 0 aromatic carbocycles. The van der Waals surface area contributed by atoms with Crippen molar-refractivity contribution in [3.8, 4) is 0 Å². The molecule has 1 aliphatic rings. The van der Waals surface area contributed by atoms with Crippen LogP contribution >= 0.6 is 11.3 Å². The summed E-state index contributed by atoms with van der Waals surface area (Å²) in [6.45, 7) is 7.70. The lowest BCUT2D eigenvalue weighted by Gasteiger charge is -2.36. The van der Waals surface area contributed by atoms with Crippen molar-refractivity contribution in [3.63, 3.8) is 0 Å². The first-order valence-electron chi connectivity index (χ1n) is 7.55. The minimum Gasteiger partial charge on any atom is -0.348 e. The molecule has 4 heteroatoms. The van der Waals surface area contributed by atoms with Gasteiger partial charge in [-0.25, -0.2) is 4.98 Å². The Morgan fingerprint density at radius 3 is 2.89 bits per heavy atom. The molecule has 0 amide bonds. The second kappa shape index (κ2) is 6.71. The minimum absolute atomic E-state index is 0.354. The van der Waals surface area contributed by atoms with Crippen LogP contribution in [0.2, 0.25) is 0 Å². The quantitative estimate of drug-likeness (QED) is 0.889. The van der Waals surface area contributed by atoms with Gasteiger partial charge in [-0.15, -0.1) is 11.3 Å². The van der Waals surface area contributed by atoms with Crippen LogP contribution in [0.4, 0.5) is 5.13 Å². The van der Waals surface area contributed by atoms with Crippen LogP contribution in [0.15, 0.2) is 5.38 Å². The van der Waals surface area contributed by atoms with Crippen LogP contribution in [0.3, 0.4) is 0 Å². The van der Waals surface area contributed by atoms with Gasteiger partial charge in [0, 0.05) is 24.5 Å². The Kier molecular flexibility index (Phi) is 5.22. The van der Waals surface area contributed by atoms with Crippen LogP contribution in [0.1, 0.15) is 58.2 Å². The normalized spacial score (nSPS) is 25.3. The van der Waals surface area contributed by atoms with Crippen LogP contribution in [0, 0.1) is 5.92 Å². The summed E-state index contributed by atoms with van der Waals surface area (Å²) in [5, 5.41) is 6.81. The molecule has 0 bridgehead atoms. The van der Waals surface area contributed by atoms with Gasteiger partial charge in [0.15, 0.2) is 5.13 Å². The van der Waals surface area contributed by atoms with Crippen molar-refractivity contribution in [1.29, 1.82) is 0 Å². The van der Waals surface area contributed by atoms with Crippen LogP contribution in [-0.2, 0) is 0 Å². The molecule has 1 N–H and O–H groups in total. The number of hydrogen-bond donors (Lipinski definition) is 1. The first-order chi connectivity index (χ1) is 9.13. The average Bonchev–Trinajstić information content (AvgIpc) is 2.88. The predicted molar refractivity (Wildman–Crippen MR) is 84.0 cm³/mol. The second-order valence-corrected chi connectivity index (χ2v) is 6.61. The van der Waals surface area contributed by atoms with E-state index in [1.807, 2.05) is 0 Å². The van der Waals surface area contributed by atoms with E-state index >= 15 is 0 Å². The zero-order chi connectivity index (χ0) is 13.8. The first kappa shape index (κ1) is 14.8. The summed E-state index contributed by atoms with van der Waals surface area (Å²) in [6, 6.07) is 1.02. The highest BCUT2D eigenvalue weighted by Gasteiger charge is 2.26. The Balaban J connectivity index is 2.04. The summed E-state index contributed by atoms with van der Waals surface area (Å²) >= 11 is 1.78. The third-order valence-corrected chi connectivity index (χ3v) is 5.28. The molecule has 3 unspecified atom stereocenters. The van der Waals surface area contributed by atoms with E-state index in [0.29, 0.717) is 12.1 Å². The molecule has 1 heterocycles. The molecular formula is C15H27N3S. The largest absolute Gasteiger partial charge is 0.348 e. The Hall–Kier alpha value is -0.610. The van der Waals surface area contributed by atoms with Gasteiger partial charge in [-0.3, -0.25) is 0 Å². The maximum atomic E-state index is 4.82. The molecule has 3 nitrogen and oxygen atoms in total. The highest BCUT2D eigenvalue weighted by molar-refractivity contribution is 7.13. The fraction of sp³-hybridized carbons (Fsp3) is 0.800. The van der Waals surface area contributed by atoms with E-state index in [4.69, 9.17) is 4.98 Å². The van der Waals surface area contributed by atoms with Gasteiger partial charge in [0.25, 0.3) is 0 Å². The van der Waals surface area contributed by atoms with Crippen molar-refractivity contribution in [3.05, 3.63) is 11.1 Å². The third-order valence-electron chi connectivity index (χ3n) is 4.33. The van der Waals surface area contributed by atoms with E-state index in [-0.39, 0.29) is 0 Å². The summed E-state index contributed by atoms with van der Waals surface area (Å²) in [5.41, 5.74) is 1.18. The van der Waals surface area contributed by atoms with Gasteiger partial charge in [-0.1, -0.05) is 26.7 Å². The summed E-state index contributed by atoms with van der Waals surface area (Å²) in [4.78, 5) is 7.23. The maximum absolute atomic E-state index is 4.82. The van der Waals surface area contributed by atoms with E-state index < -0.39 is 0 Å². The van der Waals surface area contributed by atoms with Gasteiger partial charge in [0.1, 0.15) is 0 Å². The van der Waals surface area contributed by atoms with Gasteiger partial charge in [0.2, 0.25) is 0 Å². The molecule has 3 atom stereocenters. The molecule has 19 heavy (non-hydrogen) atoms. The molecule has 0 saturated heterocycles. The summed E-state index contributed by atoms with van der Waals surface area (Å²) in [6.07, 6.45) is 5.44. The van der Waals surface area contributed by atoms with Crippen molar-refractivity contribution in [1.82, 2.24) is 10.3 Å². The lowest BCUT2D eigenvalue weighted by molar-refractivity contribution is 0.321. The molecule has 2 rings (SSSR count). The van der Waals surface area contributed by atoms with Gasteiger partial charge in [-0.2, -0.15) is 0 Å². The van der Waals surface area contributed by atoms with Gasteiger partial charge in [-0.05, 0) is 32.2 Å². The predicted octanol–water partition coefficient (Wildman–Crippen LogP) is 3.83. The number of hydrogen-bond acceptors (Lipinski definition) is 4. The Bertz CT molecular complexity index is 390. The summed E-state index contributed by atoms with van der Waals surface area (Å²) < 4.78 is 0. The van der Waals surface area contributed by atoms with Crippen molar-refractivity contribution in [2.45, 2.75) is 58.5 Å². The summed E-state index contributed by atoms with van der Waals surface area (Å²) in [7, 11) is 2.22. The highest BCUT2D eigenvalue weighted by Crippen LogP contribution is 2.32. The first-order valence-corrected chi connectivity index (χ1v) is 8.43. The zero-order valence-electron chi connectivity index (χ0n) is 12.6. The van der Waals surface area contributed by atoms with Crippen LogP contribution in [0.25, 0.3) is 0 Å². The molecule has 1 saturated carbocycles. The zero-order valence-corrected chi connectivity index (χ0v) is 13.5. The average molecular weight is 281 g/mol. The monoisotopic (exact) mass is 281 g/mol. The van der Waals surface area contributed by atoms with E-state index in [0.717, 1.165) is 12.5 Å². The van der Waals surface area contributed by atoms with E-state index in [1.165, 1.54) is 36.5 Å². The van der Waals surface area contributed by atoms with Crippen molar-refractivity contribution in [2.75, 3.05) is 18.5 Å². The molecule has 0 aliphatic heterocycles. The molecular weight excluding hydrogens is 254 g/mol. The van der Waals surface area contributed by atoms with Crippen LogP contribution in [0.5, 0.6) is 0 Å². The van der Waals surface area contributed by atoms with Crippen molar-refractivity contribution < 1.29 is 0 Å². The van der Waals surface area contributed by atoms with E-state index in [1.54, 1.807) is 11.3 Å². The van der Waals surface area contributed by atoms with Crippen LogP contribution < -0.4 is 10.2 Å². The minimum atomic E-state index is 0.354. The molecule has 1 fully saturated rings. The van der Waals surface area contributed by atoms with Crippen LogP contribution in [-0.4, -0.2) is 24.6 Å².